The van der Waals surface area contributed by atoms with Crippen LogP contribution < -0.4 is 0 Å². The molecule has 0 atom stereocenters. The van der Waals surface area contributed by atoms with Crippen molar-refractivity contribution in [3.8, 4) is 0 Å². The summed E-state index contributed by atoms with van der Waals surface area (Å²) in [5, 5.41) is 11.1. The molecule has 2 aromatic carbocycles. The van der Waals surface area contributed by atoms with Crippen molar-refractivity contribution in [2.45, 2.75) is 19.3 Å². The minimum absolute atomic E-state index is 0.0785. The lowest BCUT2D eigenvalue weighted by Crippen LogP contribution is -2.03. The zero-order valence-corrected chi connectivity index (χ0v) is 9.73. The predicted octanol–water partition coefficient (Wildman–Crippen LogP) is 2.72. The Morgan fingerprint density at radius 1 is 1.06 bits per heavy atom. The number of aliphatic hydroxyl groups is 1. The van der Waals surface area contributed by atoms with E-state index in [1.807, 2.05) is 18.2 Å². The third-order valence-corrected chi connectivity index (χ3v) is 2.96. The smallest absolute Gasteiger partial charge is 0.158 e. The summed E-state index contributed by atoms with van der Waals surface area (Å²) < 4.78 is 0. The predicted molar refractivity (Wildman–Crippen MR) is 69.0 cm³/mol. The van der Waals surface area contributed by atoms with Crippen molar-refractivity contribution in [1.29, 1.82) is 0 Å². The first-order chi connectivity index (χ1) is 8.31. The van der Waals surface area contributed by atoms with E-state index < -0.39 is 0 Å². The van der Waals surface area contributed by atoms with Gasteiger partial charge in [-0.25, -0.2) is 0 Å². The Morgan fingerprint density at radius 2 is 1.82 bits per heavy atom. The van der Waals surface area contributed by atoms with E-state index in [4.69, 9.17) is 5.11 Å². The Kier molecular flexibility index (Phi) is 3.89. The molecule has 17 heavy (non-hydrogen) atoms. The summed E-state index contributed by atoms with van der Waals surface area (Å²) in [5.41, 5.74) is 1.27. The van der Waals surface area contributed by atoms with Gasteiger partial charge in [0.1, 0.15) is 6.61 Å². The summed E-state index contributed by atoms with van der Waals surface area (Å²) in [7, 11) is 0. The molecule has 0 aliphatic heterocycles. The zero-order chi connectivity index (χ0) is 12.1. The van der Waals surface area contributed by atoms with E-state index in [-0.39, 0.29) is 12.4 Å². The second-order valence-electron chi connectivity index (χ2n) is 4.19. The number of Topliss-reactive ketones (excluding diaryl/α,β-unsaturated/α-hetero) is 1. The van der Waals surface area contributed by atoms with Gasteiger partial charge in [-0.15, -0.1) is 0 Å². The number of ketones is 1. The first-order valence-electron chi connectivity index (χ1n) is 5.90. The van der Waals surface area contributed by atoms with Crippen LogP contribution in [0.5, 0.6) is 0 Å². The summed E-state index contributed by atoms with van der Waals surface area (Å²) in [6.45, 7) is -0.338. The molecule has 0 amide bonds. The van der Waals surface area contributed by atoms with E-state index in [1.54, 1.807) is 0 Å². The summed E-state index contributed by atoms with van der Waals surface area (Å²) >= 11 is 0. The number of carbonyl (C=O) groups is 1. The van der Waals surface area contributed by atoms with Crippen LogP contribution in [0.3, 0.4) is 0 Å². The highest BCUT2D eigenvalue weighted by Crippen LogP contribution is 2.20. The van der Waals surface area contributed by atoms with Gasteiger partial charge in [0, 0.05) is 6.42 Å². The Labute approximate surface area is 101 Å². The van der Waals surface area contributed by atoms with Crippen LogP contribution in [0, 0.1) is 0 Å². The van der Waals surface area contributed by atoms with E-state index in [9.17, 15) is 4.79 Å². The van der Waals surface area contributed by atoms with Crippen LogP contribution in [-0.2, 0) is 11.2 Å². The molecule has 2 nitrogen and oxygen atoms in total. The first-order valence-corrected chi connectivity index (χ1v) is 5.90. The average molecular weight is 228 g/mol. The zero-order valence-electron chi connectivity index (χ0n) is 9.73. The summed E-state index contributed by atoms with van der Waals surface area (Å²) in [4.78, 5) is 11.0. The molecule has 2 heteroatoms. The van der Waals surface area contributed by atoms with Crippen LogP contribution in [-0.4, -0.2) is 17.5 Å². The van der Waals surface area contributed by atoms with Gasteiger partial charge in [0.15, 0.2) is 5.78 Å². The fraction of sp³-hybridized carbons (Fsp3) is 0.267. The molecule has 0 bridgehead atoms. The second-order valence-corrected chi connectivity index (χ2v) is 4.19. The highest BCUT2D eigenvalue weighted by Gasteiger charge is 2.02. The number of fused-ring (bicyclic) bond motifs is 1. The minimum Gasteiger partial charge on any atom is -0.389 e. The van der Waals surface area contributed by atoms with Crippen LogP contribution in [0.25, 0.3) is 10.8 Å². The van der Waals surface area contributed by atoms with Gasteiger partial charge in [-0.1, -0.05) is 42.5 Å². The van der Waals surface area contributed by atoms with Crippen LogP contribution in [0.1, 0.15) is 18.4 Å². The van der Waals surface area contributed by atoms with Gasteiger partial charge in [-0.05, 0) is 29.2 Å². The van der Waals surface area contributed by atoms with Crippen molar-refractivity contribution in [1.82, 2.24) is 0 Å². The first kappa shape index (κ1) is 11.8. The number of hydrogen-bond acceptors (Lipinski definition) is 2. The minimum atomic E-state index is -0.338. The van der Waals surface area contributed by atoms with Crippen LogP contribution >= 0.6 is 0 Å². The monoisotopic (exact) mass is 228 g/mol. The van der Waals surface area contributed by atoms with Crippen LogP contribution in [0.2, 0.25) is 0 Å². The number of carbonyl (C=O) groups excluding carboxylic acids is 1. The lowest BCUT2D eigenvalue weighted by atomic mass is 10.00. The molecule has 88 valence electrons. The Hall–Kier alpha value is -1.67. The molecule has 0 aromatic heterocycles. The molecule has 0 aliphatic rings. The van der Waals surface area contributed by atoms with Crippen molar-refractivity contribution in [2.24, 2.45) is 0 Å². The number of aryl methyl sites for hydroxylation is 1. The fourth-order valence-electron chi connectivity index (χ4n) is 2.07. The second kappa shape index (κ2) is 5.60. The molecule has 2 rings (SSSR count). The van der Waals surface area contributed by atoms with Gasteiger partial charge in [-0.2, -0.15) is 0 Å². The van der Waals surface area contributed by atoms with E-state index >= 15 is 0 Å². The Balaban J connectivity index is 2.11. The molecular weight excluding hydrogens is 212 g/mol. The normalized spacial score (nSPS) is 10.6. The quantitative estimate of drug-likeness (QED) is 0.854. The van der Waals surface area contributed by atoms with Gasteiger partial charge in [-0.3, -0.25) is 4.79 Å². The third-order valence-electron chi connectivity index (χ3n) is 2.96. The van der Waals surface area contributed by atoms with Crippen molar-refractivity contribution in [3.05, 3.63) is 48.0 Å². The number of hydrogen-bond donors (Lipinski definition) is 1. The van der Waals surface area contributed by atoms with Crippen molar-refractivity contribution in [3.63, 3.8) is 0 Å². The van der Waals surface area contributed by atoms with E-state index in [0.717, 1.165) is 12.8 Å². The Morgan fingerprint density at radius 3 is 2.65 bits per heavy atom. The average Bonchev–Trinajstić information content (AvgIpc) is 2.39. The third kappa shape index (κ3) is 2.92. The molecule has 2 aromatic rings. The maximum absolute atomic E-state index is 11.0. The van der Waals surface area contributed by atoms with Crippen molar-refractivity contribution < 1.29 is 9.90 Å². The lowest BCUT2D eigenvalue weighted by Gasteiger charge is -2.05. The molecule has 0 fully saturated rings. The molecule has 0 aliphatic carbocycles. The number of benzene rings is 2. The van der Waals surface area contributed by atoms with Gasteiger partial charge in [0.05, 0.1) is 0 Å². The standard InChI is InChI=1S/C15H16O2/c16-11-14(17)9-4-8-13-7-3-6-12-5-1-2-10-15(12)13/h1-3,5-7,10,16H,4,8-9,11H2. The van der Waals surface area contributed by atoms with Gasteiger partial charge >= 0.3 is 0 Å². The van der Waals surface area contributed by atoms with Crippen molar-refractivity contribution in [2.75, 3.05) is 6.61 Å². The Bertz CT molecular complexity index is 512. The lowest BCUT2D eigenvalue weighted by molar-refractivity contribution is -0.121. The topological polar surface area (TPSA) is 37.3 Å². The highest BCUT2D eigenvalue weighted by atomic mass is 16.3. The highest BCUT2D eigenvalue weighted by molar-refractivity contribution is 5.85. The molecule has 0 spiro atoms. The molecular formula is C15H16O2. The van der Waals surface area contributed by atoms with E-state index in [1.165, 1.54) is 16.3 Å². The maximum Gasteiger partial charge on any atom is 0.158 e. The maximum atomic E-state index is 11.0. The number of rotatable bonds is 5. The molecule has 1 N–H and O–H groups in total. The van der Waals surface area contributed by atoms with E-state index in [2.05, 4.69) is 24.3 Å². The van der Waals surface area contributed by atoms with Gasteiger partial charge in [0.2, 0.25) is 0 Å². The summed E-state index contributed by atoms with van der Waals surface area (Å²) in [6.07, 6.45) is 2.14. The van der Waals surface area contributed by atoms with Crippen LogP contribution in [0.15, 0.2) is 42.5 Å². The largest absolute Gasteiger partial charge is 0.389 e. The summed E-state index contributed by atoms with van der Waals surface area (Å²) in [6, 6.07) is 14.5. The number of aliphatic hydroxyl groups excluding tert-OH is 1. The summed E-state index contributed by atoms with van der Waals surface area (Å²) in [5.74, 6) is -0.0785. The molecule has 0 heterocycles. The molecule has 0 radical (unpaired) electrons. The van der Waals surface area contributed by atoms with E-state index in [0.29, 0.717) is 6.42 Å². The van der Waals surface area contributed by atoms with Crippen molar-refractivity contribution >= 4 is 16.6 Å². The molecule has 0 saturated carbocycles. The van der Waals surface area contributed by atoms with Gasteiger partial charge in [0.25, 0.3) is 0 Å². The fourth-order valence-corrected chi connectivity index (χ4v) is 2.07. The molecule has 0 unspecified atom stereocenters. The van der Waals surface area contributed by atoms with Crippen LogP contribution in [0.4, 0.5) is 0 Å². The molecule has 0 saturated heterocycles. The van der Waals surface area contributed by atoms with Gasteiger partial charge < -0.3 is 5.11 Å². The SMILES string of the molecule is O=C(CO)CCCc1cccc2ccccc12.